The quantitative estimate of drug-likeness (QED) is 0.399. The van der Waals surface area contributed by atoms with Gasteiger partial charge in [0, 0.05) is 30.2 Å². The first kappa shape index (κ1) is 19.9. The Bertz CT molecular complexity index is 1190. The molecule has 1 aliphatic carbocycles. The molecule has 31 heavy (non-hydrogen) atoms. The van der Waals surface area contributed by atoms with Crippen LogP contribution in [0.1, 0.15) is 37.8 Å². The molecule has 4 aromatic rings. The van der Waals surface area contributed by atoms with Gasteiger partial charge in [-0.25, -0.2) is 15.0 Å². The molecule has 160 valence electrons. The van der Waals surface area contributed by atoms with Crippen molar-refractivity contribution in [3.8, 4) is 16.9 Å². The molecule has 7 nitrogen and oxygen atoms in total. The van der Waals surface area contributed by atoms with Crippen LogP contribution in [0, 0.1) is 0 Å². The molecule has 0 saturated heterocycles. The predicted molar refractivity (Wildman–Crippen MR) is 122 cm³/mol. The van der Waals surface area contributed by atoms with Crippen molar-refractivity contribution in [1.82, 2.24) is 24.5 Å². The molecule has 4 aromatic heterocycles. The van der Waals surface area contributed by atoms with Crippen LogP contribution in [0.2, 0.25) is 5.15 Å². The second-order valence-corrected chi connectivity index (χ2v) is 8.48. The SMILES string of the molecule is Cn1cncc1COc1cnc2[nH]cc(-c3cc(Cl)nc(NC4CCCCC4)c3)c2c1. The van der Waals surface area contributed by atoms with Gasteiger partial charge >= 0.3 is 0 Å². The molecule has 0 bridgehead atoms. The molecule has 4 heterocycles. The van der Waals surface area contributed by atoms with E-state index in [2.05, 4.69) is 31.3 Å². The zero-order chi connectivity index (χ0) is 21.2. The number of pyridine rings is 2. The molecule has 0 aliphatic heterocycles. The molecule has 1 aliphatic rings. The fourth-order valence-corrected chi connectivity index (χ4v) is 4.37. The van der Waals surface area contributed by atoms with Gasteiger partial charge in [-0.3, -0.25) is 0 Å². The minimum atomic E-state index is 0.431. The number of halogens is 1. The summed E-state index contributed by atoms with van der Waals surface area (Å²) in [5, 5.41) is 5.02. The number of rotatable bonds is 6. The predicted octanol–water partition coefficient (Wildman–Crippen LogP) is 5.34. The van der Waals surface area contributed by atoms with Crippen molar-refractivity contribution in [2.24, 2.45) is 7.05 Å². The van der Waals surface area contributed by atoms with E-state index in [1.807, 2.05) is 29.9 Å². The molecule has 0 amide bonds. The highest BCUT2D eigenvalue weighted by Gasteiger charge is 2.16. The first-order valence-electron chi connectivity index (χ1n) is 10.7. The number of nitrogens with zero attached hydrogens (tertiary/aromatic N) is 4. The number of aromatic nitrogens is 5. The van der Waals surface area contributed by atoms with Crippen molar-refractivity contribution < 1.29 is 4.74 Å². The maximum atomic E-state index is 6.38. The van der Waals surface area contributed by atoms with Crippen molar-refractivity contribution in [2.45, 2.75) is 44.8 Å². The van der Waals surface area contributed by atoms with Gasteiger partial charge in [0.15, 0.2) is 0 Å². The van der Waals surface area contributed by atoms with Crippen LogP contribution in [0.5, 0.6) is 5.75 Å². The summed E-state index contributed by atoms with van der Waals surface area (Å²) in [7, 11) is 1.95. The number of ether oxygens (including phenoxy) is 1. The van der Waals surface area contributed by atoms with Gasteiger partial charge in [0.2, 0.25) is 0 Å². The van der Waals surface area contributed by atoms with Crippen LogP contribution in [0.3, 0.4) is 0 Å². The highest BCUT2D eigenvalue weighted by molar-refractivity contribution is 6.29. The zero-order valence-electron chi connectivity index (χ0n) is 17.4. The molecule has 1 fully saturated rings. The molecular formula is C23H25ClN6O. The summed E-state index contributed by atoms with van der Waals surface area (Å²) in [4.78, 5) is 16.4. The number of imidazole rings is 1. The van der Waals surface area contributed by atoms with Crippen molar-refractivity contribution in [3.05, 3.63) is 54.0 Å². The lowest BCUT2D eigenvalue weighted by atomic mass is 9.95. The maximum Gasteiger partial charge on any atom is 0.138 e. The second-order valence-electron chi connectivity index (χ2n) is 8.10. The summed E-state index contributed by atoms with van der Waals surface area (Å²) in [6, 6.07) is 6.42. The Hall–Kier alpha value is -3.06. The molecule has 0 spiro atoms. The van der Waals surface area contributed by atoms with Gasteiger partial charge in [0.1, 0.15) is 29.0 Å². The van der Waals surface area contributed by atoms with E-state index in [0.29, 0.717) is 23.6 Å². The Morgan fingerprint density at radius 1 is 1.19 bits per heavy atom. The third-order valence-electron chi connectivity index (χ3n) is 5.87. The van der Waals surface area contributed by atoms with Crippen LogP contribution in [0.4, 0.5) is 5.82 Å². The van der Waals surface area contributed by atoms with E-state index in [-0.39, 0.29) is 0 Å². The fourth-order valence-electron chi connectivity index (χ4n) is 4.17. The van der Waals surface area contributed by atoms with Crippen molar-refractivity contribution >= 4 is 28.5 Å². The molecule has 0 radical (unpaired) electrons. The molecule has 0 atom stereocenters. The average Bonchev–Trinajstić information content (AvgIpc) is 3.38. The topological polar surface area (TPSA) is 80.7 Å². The Kier molecular flexibility index (Phi) is 5.51. The summed E-state index contributed by atoms with van der Waals surface area (Å²) in [6.07, 6.45) is 13.5. The molecule has 2 N–H and O–H groups in total. The number of hydrogen-bond donors (Lipinski definition) is 2. The lowest BCUT2D eigenvalue weighted by Gasteiger charge is -2.23. The zero-order valence-corrected chi connectivity index (χ0v) is 18.2. The Labute approximate surface area is 185 Å². The van der Waals surface area contributed by atoms with Crippen molar-refractivity contribution in [1.29, 1.82) is 0 Å². The second kappa shape index (κ2) is 8.59. The summed E-state index contributed by atoms with van der Waals surface area (Å²) in [5.74, 6) is 1.52. The van der Waals surface area contributed by atoms with Gasteiger partial charge in [0.05, 0.1) is 24.4 Å². The molecular weight excluding hydrogens is 412 g/mol. The van der Waals surface area contributed by atoms with Gasteiger partial charge in [0.25, 0.3) is 0 Å². The standard InChI is InChI=1S/C23H25ClN6O/c1-30-14-25-10-17(30)13-31-18-9-19-20(12-27-23(19)26-11-18)15-7-21(24)29-22(8-15)28-16-5-3-2-4-6-16/h7-12,14,16H,2-6,13H2,1H3,(H,26,27)(H,28,29). The summed E-state index contributed by atoms with van der Waals surface area (Å²) < 4.78 is 7.90. The first-order chi connectivity index (χ1) is 15.2. The van der Waals surface area contributed by atoms with Crippen LogP contribution >= 0.6 is 11.6 Å². The van der Waals surface area contributed by atoms with Crippen molar-refractivity contribution in [3.63, 3.8) is 0 Å². The Morgan fingerprint density at radius 2 is 2.06 bits per heavy atom. The van der Waals surface area contributed by atoms with E-state index in [9.17, 15) is 0 Å². The molecule has 0 unspecified atom stereocenters. The van der Waals surface area contributed by atoms with Crippen LogP contribution in [0.25, 0.3) is 22.2 Å². The van der Waals surface area contributed by atoms with Crippen LogP contribution in [0.15, 0.2) is 43.1 Å². The molecule has 5 rings (SSSR count). The van der Waals surface area contributed by atoms with Crippen LogP contribution in [-0.4, -0.2) is 30.5 Å². The number of hydrogen-bond acceptors (Lipinski definition) is 5. The lowest BCUT2D eigenvalue weighted by Crippen LogP contribution is -2.22. The summed E-state index contributed by atoms with van der Waals surface area (Å²) in [6.45, 7) is 0.431. The third-order valence-corrected chi connectivity index (χ3v) is 6.07. The monoisotopic (exact) mass is 436 g/mol. The fraction of sp³-hybridized carbons (Fsp3) is 0.348. The van der Waals surface area contributed by atoms with Crippen LogP contribution < -0.4 is 10.1 Å². The Morgan fingerprint density at radius 3 is 2.87 bits per heavy atom. The van der Waals surface area contributed by atoms with E-state index < -0.39 is 0 Å². The number of anilines is 1. The number of fused-ring (bicyclic) bond motifs is 1. The highest BCUT2D eigenvalue weighted by Crippen LogP contribution is 2.33. The minimum Gasteiger partial charge on any atom is -0.486 e. The molecule has 0 aromatic carbocycles. The van der Waals surface area contributed by atoms with Gasteiger partial charge in [-0.05, 0) is 36.6 Å². The highest BCUT2D eigenvalue weighted by atomic mass is 35.5. The largest absolute Gasteiger partial charge is 0.486 e. The maximum absolute atomic E-state index is 6.38. The lowest BCUT2D eigenvalue weighted by molar-refractivity contribution is 0.296. The number of aromatic amines is 1. The first-order valence-corrected chi connectivity index (χ1v) is 11.0. The van der Waals surface area contributed by atoms with Crippen molar-refractivity contribution in [2.75, 3.05) is 5.32 Å². The smallest absolute Gasteiger partial charge is 0.138 e. The van der Waals surface area contributed by atoms with E-state index >= 15 is 0 Å². The molecule has 8 heteroatoms. The van der Waals surface area contributed by atoms with Gasteiger partial charge in [-0.2, -0.15) is 0 Å². The van der Waals surface area contributed by atoms with Gasteiger partial charge < -0.3 is 19.6 Å². The average molecular weight is 437 g/mol. The van der Waals surface area contributed by atoms with Crippen LogP contribution in [-0.2, 0) is 13.7 Å². The van der Waals surface area contributed by atoms with E-state index in [4.69, 9.17) is 16.3 Å². The molecule has 1 saturated carbocycles. The normalized spacial score (nSPS) is 14.8. The van der Waals surface area contributed by atoms with Gasteiger partial charge in [-0.15, -0.1) is 0 Å². The third kappa shape index (κ3) is 4.37. The van der Waals surface area contributed by atoms with E-state index in [0.717, 1.165) is 33.7 Å². The Balaban J connectivity index is 1.42. The minimum absolute atomic E-state index is 0.431. The summed E-state index contributed by atoms with van der Waals surface area (Å²) in [5.41, 5.74) is 3.81. The summed E-state index contributed by atoms with van der Waals surface area (Å²) >= 11 is 6.38. The van der Waals surface area contributed by atoms with Gasteiger partial charge in [-0.1, -0.05) is 30.9 Å². The van der Waals surface area contributed by atoms with E-state index in [1.165, 1.54) is 32.1 Å². The van der Waals surface area contributed by atoms with E-state index in [1.54, 1.807) is 18.7 Å². The number of aryl methyl sites for hydroxylation is 1. The number of H-pyrrole nitrogens is 1. The number of nitrogens with one attached hydrogen (secondary N) is 2.